The Balaban J connectivity index is 1.96. The Hall–Kier alpha value is -2.67. The molecule has 20 heavy (non-hydrogen) atoms. The summed E-state index contributed by atoms with van der Waals surface area (Å²) in [4.78, 5) is 14.6. The highest BCUT2D eigenvalue weighted by Crippen LogP contribution is 2.24. The molecule has 0 N–H and O–H groups in total. The second-order valence-corrected chi connectivity index (χ2v) is 4.55. The molecule has 0 bridgehead atoms. The van der Waals surface area contributed by atoms with E-state index in [-0.39, 0.29) is 5.69 Å². The molecule has 0 saturated heterocycles. The summed E-state index contributed by atoms with van der Waals surface area (Å²) in [7, 11) is 0. The fourth-order valence-corrected chi connectivity index (χ4v) is 2.30. The SMILES string of the molecule is O=[N+]([O-])c1cccc(C=Nc2cccc3nsnc23)c1. The van der Waals surface area contributed by atoms with Crippen molar-refractivity contribution in [3.63, 3.8) is 0 Å². The van der Waals surface area contributed by atoms with Gasteiger partial charge in [0.1, 0.15) is 11.0 Å². The van der Waals surface area contributed by atoms with Crippen LogP contribution in [0.1, 0.15) is 5.56 Å². The summed E-state index contributed by atoms with van der Waals surface area (Å²) in [5, 5.41) is 10.7. The van der Waals surface area contributed by atoms with E-state index in [1.54, 1.807) is 18.3 Å². The van der Waals surface area contributed by atoms with Gasteiger partial charge >= 0.3 is 0 Å². The first-order valence-electron chi connectivity index (χ1n) is 5.74. The Kier molecular flexibility index (Phi) is 3.18. The van der Waals surface area contributed by atoms with Gasteiger partial charge in [-0.1, -0.05) is 18.2 Å². The minimum Gasteiger partial charge on any atom is -0.258 e. The third-order valence-electron chi connectivity index (χ3n) is 2.70. The topological polar surface area (TPSA) is 81.3 Å². The van der Waals surface area contributed by atoms with Gasteiger partial charge in [-0.3, -0.25) is 15.1 Å². The van der Waals surface area contributed by atoms with Crippen molar-refractivity contribution in [1.29, 1.82) is 0 Å². The van der Waals surface area contributed by atoms with E-state index >= 15 is 0 Å². The van der Waals surface area contributed by atoms with Crippen molar-refractivity contribution in [3.8, 4) is 0 Å². The molecule has 0 spiro atoms. The molecule has 2 aromatic carbocycles. The van der Waals surface area contributed by atoms with E-state index in [2.05, 4.69) is 13.7 Å². The third-order valence-corrected chi connectivity index (χ3v) is 3.24. The number of non-ortho nitro benzene ring substituents is 1. The van der Waals surface area contributed by atoms with Crippen LogP contribution in [0, 0.1) is 10.1 Å². The van der Waals surface area contributed by atoms with Crippen LogP contribution in [0.4, 0.5) is 11.4 Å². The molecule has 0 aliphatic heterocycles. The van der Waals surface area contributed by atoms with E-state index in [0.29, 0.717) is 11.3 Å². The number of hydrogen-bond donors (Lipinski definition) is 0. The molecule has 7 heteroatoms. The molecule has 1 heterocycles. The van der Waals surface area contributed by atoms with Crippen molar-refractivity contribution in [2.24, 2.45) is 4.99 Å². The Labute approximate surface area is 117 Å². The van der Waals surface area contributed by atoms with Crippen molar-refractivity contribution < 1.29 is 4.92 Å². The summed E-state index contributed by atoms with van der Waals surface area (Å²) in [5.74, 6) is 0. The van der Waals surface area contributed by atoms with Gasteiger partial charge in [0.15, 0.2) is 0 Å². The summed E-state index contributed by atoms with van der Waals surface area (Å²) >= 11 is 1.13. The minimum absolute atomic E-state index is 0.0440. The average molecular weight is 284 g/mol. The predicted molar refractivity (Wildman–Crippen MR) is 77.8 cm³/mol. The van der Waals surface area contributed by atoms with Crippen LogP contribution < -0.4 is 0 Å². The lowest BCUT2D eigenvalue weighted by molar-refractivity contribution is -0.384. The minimum atomic E-state index is -0.428. The van der Waals surface area contributed by atoms with Crippen molar-refractivity contribution in [2.75, 3.05) is 0 Å². The molecule has 1 aromatic heterocycles. The number of nitro benzene ring substituents is 1. The van der Waals surface area contributed by atoms with Crippen molar-refractivity contribution >= 4 is 40.4 Å². The molecule has 6 nitrogen and oxygen atoms in total. The lowest BCUT2D eigenvalue weighted by Crippen LogP contribution is -1.89. The third kappa shape index (κ3) is 2.39. The fraction of sp³-hybridized carbons (Fsp3) is 0. The molecular weight excluding hydrogens is 276 g/mol. The normalized spacial score (nSPS) is 11.2. The first kappa shape index (κ1) is 12.4. The van der Waals surface area contributed by atoms with Gasteiger partial charge in [0, 0.05) is 18.3 Å². The molecule has 0 fully saturated rings. The highest BCUT2D eigenvalue weighted by molar-refractivity contribution is 7.00. The van der Waals surface area contributed by atoms with Crippen LogP contribution in [0.25, 0.3) is 11.0 Å². The molecule has 0 amide bonds. The van der Waals surface area contributed by atoms with E-state index in [1.807, 2.05) is 18.2 Å². The van der Waals surface area contributed by atoms with Crippen LogP contribution in [0.5, 0.6) is 0 Å². The van der Waals surface area contributed by atoms with Gasteiger partial charge in [-0.15, -0.1) is 0 Å². The maximum atomic E-state index is 10.7. The summed E-state index contributed by atoms with van der Waals surface area (Å²) < 4.78 is 8.32. The maximum Gasteiger partial charge on any atom is 0.270 e. The number of rotatable bonds is 3. The lowest BCUT2D eigenvalue weighted by atomic mass is 10.2. The predicted octanol–water partition coefficient (Wildman–Crippen LogP) is 3.35. The molecule has 3 aromatic rings. The molecule has 0 aliphatic carbocycles. The quantitative estimate of drug-likeness (QED) is 0.419. The largest absolute Gasteiger partial charge is 0.270 e. The fourth-order valence-electron chi connectivity index (χ4n) is 1.76. The van der Waals surface area contributed by atoms with E-state index in [4.69, 9.17) is 0 Å². The van der Waals surface area contributed by atoms with Crippen molar-refractivity contribution in [1.82, 2.24) is 8.75 Å². The summed E-state index contributed by atoms with van der Waals surface area (Å²) in [6.07, 6.45) is 1.58. The number of aliphatic imine (C=N–C) groups is 1. The van der Waals surface area contributed by atoms with Crippen LogP contribution in [0.2, 0.25) is 0 Å². The number of fused-ring (bicyclic) bond motifs is 1. The zero-order valence-corrected chi connectivity index (χ0v) is 10.9. The van der Waals surface area contributed by atoms with E-state index in [0.717, 1.165) is 22.8 Å². The monoisotopic (exact) mass is 284 g/mol. The van der Waals surface area contributed by atoms with Gasteiger partial charge in [-0.25, -0.2) is 0 Å². The van der Waals surface area contributed by atoms with Crippen LogP contribution in [0.3, 0.4) is 0 Å². The molecule has 0 aliphatic rings. The Morgan fingerprint density at radius 1 is 1.20 bits per heavy atom. The molecule has 0 saturated carbocycles. The lowest BCUT2D eigenvalue weighted by Gasteiger charge is -1.95. The first-order chi connectivity index (χ1) is 9.74. The van der Waals surface area contributed by atoms with Gasteiger partial charge < -0.3 is 0 Å². The molecule has 98 valence electrons. The van der Waals surface area contributed by atoms with Gasteiger partial charge in [-0.05, 0) is 17.7 Å². The van der Waals surface area contributed by atoms with Gasteiger partial charge in [0.2, 0.25) is 0 Å². The Morgan fingerprint density at radius 3 is 2.90 bits per heavy atom. The van der Waals surface area contributed by atoms with Crippen molar-refractivity contribution in [2.45, 2.75) is 0 Å². The summed E-state index contributed by atoms with van der Waals surface area (Å²) in [6, 6.07) is 11.9. The molecule has 3 rings (SSSR count). The van der Waals surface area contributed by atoms with Crippen molar-refractivity contribution in [3.05, 3.63) is 58.1 Å². The van der Waals surface area contributed by atoms with Gasteiger partial charge in [0.05, 0.1) is 22.3 Å². The van der Waals surface area contributed by atoms with Crippen LogP contribution in [0.15, 0.2) is 47.5 Å². The number of hydrogen-bond acceptors (Lipinski definition) is 6. The van der Waals surface area contributed by atoms with Gasteiger partial charge in [-0.2, -0.15) is 8.75 Å². The zero-order chi connectivity index (χ0) is 13.9. The molecule has 0 radical (unpaired) electrons. The zero-order valence-electron chi connectivity index (χ0n) is 10.1. The molecule has 0 unspecified atom stereocenters. The standard InChI is InChI=1S/C13H8N4O2S/c18-17(19)10-4-1-3-9(7-10)8-14-11-5-2-6-12-13(11)16-20-15-12/h1-8H. The Bertz CT molecular complexity index is 813. The molecule has 0 atom stereocenters. The highest BCUT2D eigenvalue weighted by atomic mass is 32.1. The highest BCUT2D eigenvalue weighted by Gasteiger charge is 2.05. The maximum absolute atomic E-state index is 10.7. The summed E-state index contributed by atoms with van der Waals surface area (Å²) in [5.41, 5.74) is 2.94. The molecular formula is C13H8N4O2S. The van der Waals surface area contributed by atoms with Crippen LogP contribution >= 0.6 is 11.7 Å². The van der Waals surface area contributed by atoms with Crippen LogP contribution in [-0.4, -0.2) is 19.9 Å². The summed E-state index contributed by atoms with van der Waals surface area (Å²) in [6.45, 7) is 0. The smallest absolute Gasteiger partial charge is 0.258 e. The number of nitrogens with zero attached hydrogens (tertiary/aromatic N) is 4. The van der Waals surface area contributed by atoms with E-state index < -0.39 is 4.92 Å². The number of aromatic nitrogens is 2. The van der Waals surface area contributed by atoms with Crippen LogP contribution in [-0.2, 0) is 0 Å². The van der Waals surface area contributed by atoms with Gasteiger partial charge in [0.25, 0.3) is 5.69 Å². The number of benzene rings is 2. The van der Waals surface area contributed by atoms with E-state index in [1.165, 1.54) is 12.1 Å². The average Bonchev–Trinajstić information content (AvgIpc) is 2.94. The second-order valence-electron chi connectivity index (χ2n) is 4.02. The number of nitro groups is 1. The first-order valence-corrected chi connectivity index (χ1v) is 6.47. The van der Waals surface area contributed by atoms with E-state index in [9.17, 15) is 10.1 Å². The second kappa shape index (κ2) is 5.14. The Morgan fingerprint density at radius 2 is 2.05 bits per heavy atom.